The molecule has 5 aromatic rings. The second-order valence-corrected chi connectivity index (χ2v) is 10.7. The number of fused-ring (bicyclic) bond motifs is 2. The number of nitrogens with one attached hydrogen (secondary N) is 2. The summed E-state index contributed by atoms with van der Waals surface area (Å²) in [5.74, 6) is -0.0627. The number of benzene rings is 2. The van der Waals surface area contributed by atoms with Crippen molar-refractivity contribution in [1.82, 2.24) is 29.0 Å². The van der Waals surface area contributed by atoms with Gasteiger partial charge in [-0.1, -0.05) is 36.7 Å². The van der Waals surface area contributed by atoms with E-state index in [0.717, 1.165) is 29.1 Å². The first-order valence-electron chi connectivity index (χ1n) is 13.8. The van der Waals surface area contributed by atoms with Gasteiger partial charge in [0.15, 0.2) is 5.82 Å². The van der Waals surface area contributed by atoms with Crippen molar-refractivity contribution < 1.29 is 18.0 Å². The van der Waals surface area contributed by atoms with Crippen molar-refractivity contribution in [3.05, 3.63) is 75.2 Å². The molecule has 0 unspecified atom stereocenters. The maximum absolute atomic E-state index is 14.0. The van der Waals surface area contributed by atoms with Crippen LogP contribution in [-0.4, -0.2) is 55.8 Å². The number of para-hydroxylation sites is 1. The van der Waals surface area contributed by atoms with Crippen molar-refractivity contribution in [2.45, 2.75) is 26.1 Å². The summed E-state index contributed by atoms with van der Waals surface area (Å²) >= 11 is 6.10. The average Bonchev–Trinajstić information content (AvgIpc) is 3.57. The van der Waals surface area contributed by atoms with Crippen LogP contribution in [-0.2, 0) is 31.0 Å². The molecule has 2 N–H and O–H groups in total. The van der Waals surface area contributed by atoms with E-state index in [9.17, 15) is 22.8 Å². The summed E-state index contributed by atoms with van der Waals surface area (Å²) < 4.78 is 44.2. The number of halogens is 4. The van der Waals surface area contributed by atoms with E-state index in [-0.39, 0.29) is 28.6 Å². The average molecular weight is 613 g/mol. The molecule has 6 rings (SSSR count). The van der Waals surface area contributed by atoms with E-state index in [2.05, 4.69) is 15.7 Å². The SMILES string of the molecule is CCc1c(N2CCNCC2)c(=O)n2nc(-c3cc4ccccc4n3C)nc2n1CC(=O)Nc1ccc(C(F)(F)F)cc1Cl. The Labute approximate surface area is 248 Å². The van der Waals surface area contributed by atoms with Gasteiger partial charge in [-0.3, -0.25) is 9.59 Å². The molecule has 43 heavy (non-hydrogen) atoms. The summed E-state index contributed by atoms with van der Waals surface area (Å²) in [5.41, 5.74) is 1.47. The third-order valence-electron chi connectivity index (χ3n) is 7.65. The monoisotopic (exact) mass is 612 g/mol. The van der Waals surface area contributed by atoms with E-state index in [4.69, 9.17) is 16.6 Å². The van der Waals surface area contributed by atoms with Crippen molar-refractivity contribution in [1.29, 1.82) is 0 Å². The molecule has 2 aromatic carbocycles. The van der Waals surface area contributed by atoms with Gasteiger partial charge in [-0.05, 0) is 36.8 Å². The molecule has 0 atom stereocenters. The zero-order valence-corrected chi connectivity index (χ0v) is 24.1. The molecule has 3 aromatic heterocycles. The third-order valence-corrected chi connectivity index (χ3v) is 7.96. The Bertz CT molecular complexity index is 1920. The Kier molecular flexibility index (Phi) is 7.38. The number of anilines is 2. The summed E-state index contributed by atoms with van der Waals surface area (Å²) in [6.45, 7) is 4.16. The van der Waals surface area contributed by atoms with Gasteiger partial charge < -0.3 is 24.7 Å². The minimum Gasteiger partial charge on any atom is -0.363 e. The summed E-state index contributed by atoms with van der Waals surface area (Å²) in [6, 6.07) is 12.5. The van der Waals surface area contributed by atoms with Crippen LogP contribution in [0.2, 0.25) is 5.02 Å². The normalized spacial score (nSPS) is 14.1. The molecule has 0 bridgehead atoms. The summed E-state index contributed by atoms with van der Waals surface area (Å²) in [6.07, 6.45) is -4.16. The Hall–Kier alpha value is -4.36. The Morgan fingerprint density at radius 1 is 1.12 bits per heavy atom. The molecular formula is C29H28ClF3N8O2. The van der Waals surface area contributed by atoms with Gasteiger partial charge in [-0.15, -0.1) is 5.10 Å². The number of rotatable bonds is 6. The predicted molar refractivity (Wildman–Crippen MR) is 159 cm³/mol. The van der Waals surface area contributed by atoms with Crippen LogP contribution in [0.3, 0.4) is 0 Å². The number of alkyl halides is 3. The van der Waals surface area contributed by atoms with E-state index in [0.29, 0.717) is 55.5 Å². The Morgan fingerprint density at radius 2 is 1.86 bits per heavy atom. The zero-order valence-electron chi connectivity index (χ0n) is 23.4. The van der Waals surface area contributed by atoms with Gasteiger partial charge in [0.05, 0.1) is 27.7 Å². The topological polar surface area (TPSA) is 101 Å². The number of amides is 1. The number of carbonyl (C=O) groups excluding carboxylic acids is 1. The van der Waals surface area contributed by atoms with Crippen LogP contribution in [0, 0.1) is 0 Å². The van der Waals surface area contributed by atoms with Crippen LogP contribution in [0.15, 0.2) is 53.3 Å². The number of aryl methyl sites for hydroxylation is 1. The second-order valence-electron chi connectivity index (χ2n) is 10.3. The highest BCUT2D eigenvalue weighted by atomic mass is 35.5. The molecule has 0 saturated carbocycles. The van der Waals surface area contributed by atoms with Gasteiger partial charge in [0, 0.05) is 44.1 Å². The van der Waals surface area contributed by atoms with E-state index in [1.54, 1.807) is 4.57 Å². The third kappa shape index (κ3) is 5.23. The first-order valence-corrected chi connectivity index (χ1v) is 14.1. The smallest absolute Gasteiger partial charge is 0.363 e. The summed E-state index contributed by atoms with van der Waals surface area (Å²) in [7, 11) is 1.89. The largest absolute Gasteiger partial charge is 0.416 e. The maximum atomic E-state index is 14.0. The molecule has 0 radical (unpaired) electrons. The van der Waals surface area contributed by atoms with E-state index in [1.807, 2.05) is 53.8 Å². The Balaban J connectivity index is 1.46. The van der Waals surface area contributed by atoms with Crippen LogP contribution in [0.25, 0.3) is 28.2 Å². The van der Waals surface area contributed by atoms with Crippen molar-refractivity contribution >= 4 is 45.6 Å². The highest BCUT2D eigenvalue weighted by molar-refractivity contribution is 6.33. The number of hydrogen-bond donors (Lipinski definition) is 2. The highest BCUT2D eigenvalue weighted by Gasteiger charge is 2.31. The lowest BCUT2D eigenvalue weighted by Gasteiger charge is -2.31. The van der Waals surface area contributed by atoms with Crippen LogP contribution in [0.4, 0.5) is 24.5 Å². The lowest BCUT2D eigenvalue weighted by atomic mass is 10.2. The lowest BCUT2D eigenvalue weighted by molar-refractivity contribution is -0.137. The van der Waals surface area contributed by atoms with Crippen LogP contribution in [0.5, 0.6) is 0 Å². The van der Waals surface area contributed by atoms with Crippen molar-refractivity contribution in [3.63, 3.8) is 0 Å². The van der Waals surface area contributed by atoms with Crippen molar-refractivity contribution in [2.75, 3.05) is 36.4 Å². The predicted octanol–water partition coefficient (Wildman–Crippen LogP) is 4.33. The zero-order chi connectivity index (χ0) is 30.5. The quantitative estimate of drug-likeness (QED) is 0.296. The van der Waals surface area contributed by atoms with E-state index in [1.165, 1.54) is 4.52 Å². The molecule has 224 valence electrons. The van der Waals surface area contributed by atoms with Crippen molar-refractivity contribution in [2.24, 2.45) is 7.05 Å². The van der Waals surface area contributed by atoms with Crippen LogP contribution < -0.4 is 21.1 Å². The second kappa shape index (κ2) is 11.0. The van der Waals surface area contributed by atoms with Crippen LogP contribution >= 0.6 is 11.6 Å². The fraction of sp³-hybridized carbons (Fsp3) is 0.310. The molecule has 1 saturated heterocycles. The Morgan fingerprint density at radius 3 is 2.53 bits per heavy atom. The van der Waals surface area contributed by atoms with Gasteiger partial charge in [-0.25, -0.2) is 0 Å². The van der Waals surface area contributed by atoms with E-state index < -0.39 is 17.6 Å². The molecule has 1 aliphatic heterocycles. The van der Waals surface area contributed by atoms with Crippen molar-refractivity contribution in [3.8, 4) is 11.5 Å². The summed E-state index contributed by atoms with van der Waals surface area (Å²) in [4.78, 5) is 34.1. The van der Waals surface area contributed by atoms with Gasteiger partial charge >= 0.3 is 6.18 Å². The highest BCUT2D eigenvalue weighted by Crippen LogP contribution is 2.34. The molecule has 14 heteroatoms. The number of nitrogens with zero attached hydrogens (tertiary/aromatic N) is 6. The molecule has 10 nitrogen and oxygen atoms in total. The van der Waals surface area contributed by atoms with Gasteiger partial charge in [0.25, 0.3) is 5.56 Å². The fourth-order valence-electron chi connectivity index (χ4n) is 5.56. The molecule has 0 spiro atoms. The summed E-state index contributed by atoms with van der Waals surface area (Å²) in [5, 5.41) is 11.2. The number of aromatic nitrogens is 5. The fourth-order valence-corrected chi connectivity index (χ4v) is 5.78. The maximum Gasteiger partial charge on any atom is 0.416 e. The number of carbonyl (C=O) groups is 1. The van der Waals surface area contributed by atoms with E-state index >= 15 is 0 Å². The molecular weight excluding hydrogens is 585 g/mol. The lowest BCUT2D eigenvalue weighted by Crippen LogP contribution is -2.47. The standard InChI is InChI=1S/C29H28ClF3N8O2/c1-3-21-25(39-12-10-34-11-13-39)27(43)41-28(36-26(37-41)23-14-17-6-4-5-7-22(17)38(23)2)40(21)16-24(42)35-20-9-8-18(15-19(20)30)29(31,32)33/h4-9,14-15,34H,3,10-13,16H2,1-2H3,(H,35,42). The van der Waals surface area contributed by atoms with Crippen LogP contribution in [0.1, 0.15) is 18.2 Å². The number of piperazine rings is 1. The minimum atomic E-state index is -4.57. The molecule has 1 fully saturated rings. The first kappa shape index (κ1) is 28.7. The number of hydrogen-bond acceptors (Lipinski definition) is 6. The molecule has 1 amide bonds. The minimum absolute atomic E-state index is 0.0368. The van der Waals surface area contributed by atoms with Gasteiger partial charge in [0.1, 0.15) is 12.2 Å². The van der Waals surface area contributed by atoms with Gasteiger partial charge in [0.2, 0.25) is 11.7 Å². The first-order chi connectivity index (χ1) is 20.6. The molecule has 0 aliphatic carbocycles. The van der Waals surface area contributed by atoms with Gasteiger partial charge in [-0.2, -0.15) is 22.7 Å². The molecule has 4 heterocycles. The molecule has 1 aliphatic rings.